The maximum Gasteiger partial charge on any atom is 0.139 e. The Morgan fingerprint density at radius 3 is 2.42 bits per heavy atom. The third-order valence-electron chi connectivity index (χ3n) is 8.65. The van der Waals surface area contributed by atoms with Crippen molar-refractivity contribution in [1.82, 2.24) is 0 Å². The third kappa shape index (κ3) is 1.93. The highest BCUT2D eigenvalue weighted by Gasteiger charge is 2.63. The summed E-state index contributed by atoms with van der Waals surface area (Å²) in [7, 11) is 0. The molecule has 4 aliphatic carbocycles. The second-order valence-electron chi connectivity index (χ2n) is 9.43. The number of hydrogen-bond donors (Lipinski definition) is 0. The molecule has 0 aliphatic heterocycles. The standard InChI is InChI=1S/C21H30O3/c1-4-12-16(22)8-10-21(3)15-7-9-20(2)14(5-6-18(20)24)13(15)11-17(23)19(12)21/h12-15,19H,4-11H2,1-3H3/t12-,13-,14-,15-,19?,20-,21+/m0/s1. The van der Waals surface area contributed by atoms with Crippen LogP contribution >= 0.6 is 0 Å². The zero-order chi connectivity index (χ0) is 17.3. The highest BCUT2D eigenvalue weighted by Crippen LogP contribution is 2.65. The van der Waals surface area contributed by atoms with E-state index in [0.717, 1.165) is 32.1 Å². The Kier molecular flexibility index (Phi) is 3.61. The predicted octanol–water partition coefficient (Wildman–Crippen LogP) is 3.98. The average Bonchev–Trinajstić information content (AvgIpc) is 2.84. The summed E-state index contributed by atoms with van der Waals surface area (Å²) < 4.78 is 0. The first-order valence-corrected chi connectivity index (χ1v) is 9.91. The van der Waals surface area contributed by atoms with E-state index in [-0.39, 0.29) is 22.7 Å². The van der Waals surface area contributed by atoms with E-state index < -0.39 is 0 Å². The molecule has 0 aromatic carbocycles. The fourth-order valence-corrected chi connectivity index (χ4v) is 7.37. The number of rotatable bonds is 1. The molecule has 0 spiro atoms. The number of carbonyl (C=O) groups is 3. The Labute approximate surface area is 144 Å². The number of ketones is 3. The van der Waals surface area contributed by atoms with Gasteiger partial charge in [-0.2, -0.15) is 0 Å². The minimum absolute atomic E-state index is 0.0262. The van der Waals surface area contributed by atoms with Gasteiger partial charge in [-0.3, -0.25) is 14.4 Å². The van der Waals surface area contributed by atoms with E-state index >= 15 is 0 Å². The highest BCUT2D eigenvalue weighted by molar-refractivity contribution is 5.93. The lowest BCUT2D eigenvalue weighted by molar-refractivity contribution is -0.166. The summed E-state index contributed by atoms with van der Waals surface area (Å²) in [6, 6.07) is 0. The van der Waals surface area contributed by atoms with Gasteiger partial charge in [0.25, 0.3) is 0 Å². The maximum atomic E-state index is 13.1. The van der Waals surface area contributed by atoms with Crippen LogP contribution in [0.5, 0.6) is 0 Å². The van der Waals surface area contributed by atoms with Crippen molar-refractivity contribution in [2.75, 3.05) is 0 Å². The van der Waals surface area contributed by atoms with E-state index in [4.69, 9.17) is 0 Å². The van der Waals surface area contributed by atoms with Gasteiger partial charge in [-0.05, 0) is 55.3 Å². The van der Waals surface area contributed by atoms with Gasteiger partial charge in [-0.15, -0.1) is 0 Å². The molecule has 1 unspecified atom stereocenters. The van der Waals surface area contributed by atoms with Crippen LogP contribution in [0.2, 0.25) is 0 Å². The van der Waals surface area contributed by atoms with Gasteiger partial charge in [0.1, 0.15) is 17.3 Å². The summed E-state index contributed by atoms with van der Waals surface area (Å²) in [5.41, 5.74) is -0.207. The molecule has 0 aromatic heterocycles. The first kappa shape index (κ1) is 16.5. The van der Waals surface area contributed by atoms with Gasteiger partial charge in [0.15, 0.2) is 0 Å². The molecular weight excluding hydrogens is 300 g/mol. The minimum Gasteiger partial charge on any atom is -0.299 e. The molecule has 3 nitrogen and oxygen atoms in total. The molecule has 0 amide bonds. The topological polar surface area (TPSA) is 51.2 Å². The molecule has 132 valence electrons. The molecule has 3 heteroatoms. The third-order valence-corrected chi connectivity index (χ3v) is 8.65. The zero-order valence-electron chi connectivity index (χ0n) is 15.3. The van der Waals surface area contributed by atoms with Crippen molar-refractivity contribution < 1.29 is 14.4 Å². The molecular formula is C21H30O3. The van der Waals surface area contributed by atoms with Crippen LogP contribution in [-0.4, -0.2) is 17.3 Å². The molecule has 4 fully saturated rings. The van der Waals surface area contributed by atoms with Gasteiger partial charge in [0, 0.05) is 36.5 Å². The Bertz CT molecular complexity index is 608. The smallest absolute Gasteiger partial charge is 0.139 e. The zero-order valence-corrected chi connectivity index (χ0v) is 15.3. The van der Waals surface area contributed by atoms with Crippen LogP contribution in [0.3, 0.4) is 0 Å². The molecule has 0 saturated heterocycles. The van der Waals surface area contributed by atoms with E-state index in [1.165, 1.54) is 0 Å². The summed E-state index contributed by atoms with van der Waals surface area (Å²) in [6.45, 7) is 6.50. The Hall–Kier alpha value is -0.990. The lowest BCUT2D eigenvalue weighted by Gasteiger charge is -2.59. The van der Waals surface area contributed by atoms with E-state index in [9.17, 15) is 14.4 Å². The SMILES string of the molecule is CC[C@H]1C(=O)CC[C@@]2(C)C1C(=O)C[C@@H]1[C@@H]2CC[C@]2(C)C(=O)CC[C@@H]12. The van der Waals surface area contributed by atoms with Crippen molar-refractivity contribution in [3.63, 3.8) is 0 Å². The highest BCUT2D eigenvalue weighted by atomic mass is 16.1. The fraction of sp³-hybridized carbons (Fsp3) is 0.857. The molecule has 0 bridgehead atoms. The van der Waals surface area contributed by atoms with Gasteiger partial charge in [-0.1, -0.05) is 20.8 Å². The average molecular weight is 330 g/mol. The molecule has 7 atom stereocenters. The van der Waals surface area contributed by atoms with Crippen molar-refractivity contribution in [2.24, 2.45) is 40.4 Å². The van der Waals surface area contributed by atoms with Gasteiger partial charge >= 0.3 is 0 Å². The van der Waals surface area contributed by atoms with Crippen molar-refractivity contribution in [3.05, 3.63) is 0 Å². The van der Waals surface area contributed by atoms with E-state index in [0.29, 0.717) is 54.4 Å². The normalized spacial score (nSPS) is 51.1. The summed E-state index contributed by atoms with van der Waals surface area (Å²) in [5.74, 6) is 2.22. The van der Waals surface area contributed by atoms with Crippen LogP contribution in [0.15, 0.2) is 0 Å². The molecule has 0 heterocycles. The van der Waals surface area contributed by atoms with Gasteiger partial charge in [-0.25, -0.2) is 0 Å². The molecule has 4 rings (SSSR count). The largest absolute Gasteiger partial charge is 0.299 e. The maximum absolute atomic E-state index is 13.1. The lowest BCUT2D eigenvalue weighted by Crippen LogP contribution is -2.59. The summed E-state index contributed by atoms with van der Waals surface area (Å²) in [6.07, 6.45) is 6.65. The van der Waals surface area contributed by atoms with Crippen molar-refractivity contribution in [3.8, 4) is 0 Å². The minimum atomic E-state index is -0.181. The van der Waals surface area contributed by atoms with E-state index in [1.54, 1.807) is 0 Å². The van der Waals surface area contributed by atoms with Crippen molar-refractivity contribution >= 4 is 17.3 Å². The first-order valence-electron chi connectivity index (χ1n) is 9.91. The molecule has 0 aromatic rings. The second kappa shape index (κ2) is 5.25. The summed E-state index contributed by atoms with van der Waals surface area (Å²) >= 11 is 0. The summed E-state index contributed by atoms with van der Waals surface area (Å²) in [4.78, 5) is 38.0. The quantitative estimate of drug-likeness (QED) is 0.730. The Morgan fingerprint density at radius 1 is 0.958 bits per heavy atom. The molecule has 4 saturated carbocycles. The Morgan fingerprint density at radius 2 is 1.71 bits per heavy atom. The van der Waals surface area contributed by atoms with Crippen molar-refractivity contribution in [1.29, 1.82) is 0 Å². The molecule has 24 heavy (non-hydrogen) atoms. The number of hydrogen-bond acceptors (Lipinski definition) is 3. The van der Waals surface area contributed by atoms with Crippen LogP contribution < -0.4 is 0 Å². The Balaban J connectivity index is 1.72. The summed E-state index contributed by atoms with van der Waals surface area (Å²) in [5, 5.41) is 0. The van der Waals surface area contributed by atoms with Crippen LogP contribution in [0, 0.1) is 40.4 Å². The number of Topliss-reactive ketones (excluding diaryl/α,β-unsaturated/α-hetero) is 3. The van der Waals surface area contributed by atoms with Crippen LogP contribution in [-0.2, 0) is 14.4 Å². The molecule has 0 N–H and O–H groups in total. The predicted molar refractivity (Wildman–Crippen MR) is 91.3 cm³/mol. The number of carbonyl (C=O) groups excluding carboxylic acids is 3. The van der Waals surface area contributed by atoms with Crippen molar-refractivity contribution in [2.45, 2.75) is 72.1 Å². The van der Waals surface area contributed by atoms with Crippen LogP contribution in [0.4, 0.5) is 0 Å². The first-order chi connectivity index (χ1) is 11.3. The molecule has 4 aliphatic rings. The van der Waals surface area contributed by atoms with Gasteiger partial charge in [0.05, 0.1) is 0 Å². The monoisotopic (exact) mass is 330 g/mol. The van der Waals surface area contributed by atoms with Gasteiger partial charge in [0.2, 0.25) is 0 Å². The van der Waals surface area contributed by atoms with E-state index in [1.807, 2.05) is 0 Å². The number of fused-ring (bicyclic) bond motifs is 5. The second-order valence-corrected chi connectivity index (χ2v) is 9.43. The van der Waals surface area contributed by atoms with Crippen LogP contribution in [0.1, 0.15) is 72.1 Å². The molecule has 0 radical (unpaired) electrons. The lowest BCUT2D eigenvalue weighted by atomic mass is 9.43. The fourth-order valence-electron chi connectivity index (χ4n) is 7.37. The van der Waals surface area contributed by atoms with Gasteiger partial charge < -0.3 is 0 Å². The van der Waals surface area contributed by atoms with E-state index in [2.05, 4.69) is 20.8 Å². The van der Waals surface area contributed by atoms with Crippen LogP contribution in [0.25, 0.3) is 0 Å².